The molecule has 0 N–H and O–H groups in total. The highest BCUT2D eigenvalue weighted by molar-refractivity contribution is 7.99. The van der Waals surface area contributed by atoms with E-state index >= 15 is 0 Å². The van der Waals surface area contributed by atoms with Crippen molar-refractivity contribution in [2.75, 3.05) is 5.75 Å². The lowest BCUT2D eigenvalue weighted by molar-refractivity contribution is 0.658. The molecule has 0 aliphatic heterocycles. The Balaban J connectivity index is 2.07. The van der Waals surface area contributed by atoms with Crippen molar-refractivity contribution >= 4 is 33.3 Å². The van der Waals surface area contributed by atoms with Crippen LogP contribution in [-0.4, -0.2) is 15.3 Å². The van der Waals surface area contributed by atoms with E-state index in [-0.39, 0.29) is 5.56 Å². The SMILES string of the molecule is CCc1sc2nc(SCCCC#N)n(Cc3ccc(C)cc3)c(=O)c2c1C. The predicted molar refractivity (Wildman–Crippen MR) is 114 cm³/mol. The van der Waals surface area contributed by atoms with Crippen LogP contribution in [0, 0.1) is 25.2 Å². The van der Waals surface area contributed by atoms with Crippen molar-refractivity contribution in [3.05, 3.63) is 56.2 Å². The molecule has 0 spiro atoms. The number of aromatic nitrogens is 2. The summed E-state index contributed by atoms with van der Waals surface area (Å²) in [6, 6.07) is 10.4. The summed E-state index contributed by atoms with van der Waals surface area (Å²) >= 11 is 3.19. The molecule has 0 saturated carbocycles. The van der Waals surface area contributed by atoms with E-state index in [0.29, 0.717) is 13.0 Å². The molecule has 0 fully saturated rings. The number of nitriles is 1. The van der Waals surface area contributed by atoms with Gasteiger partial charge < -0.3 is 0 Å². The summed E-state index contributed by atoms with van der Waals surface area (Å²) in [5, 5.41) is 10.3. The quantitative estimate of drug-likeness (QED) is 0.317. The molecule has 0 aliphatic carbocycles. The van der Waals surface area contributed by atoms with Crippen LogP contribution in [0.1, 0.15) is 41.3 Å². The summed E-state index contributed by atoms with van der Waals surface area (Å²) in [6.45, 7) is 6.71. The minimum absolute atomic E-state index is 0.0387. The second kappa shape index (κ2) is 8.73. The Labute approximate surface area is 167 Å². The predicted octanol–water partition coefficient (Wildman–Crippen LogP) is 5.08. The zero-order chi connectivity index (χ0) is 19.4. The number of thioether (sulfide) groups is 1. The van der Waals surface area contributed by atoms with Gasteiger partial charge in [0.05, 0.1) is 18.0 Å². The number of thiophene rings is 1. The molecule has 0 amide bonds. The minimum Gasteiger partial charge on any atom is -0.283 e. The van der Waals surface area contributed by atoms with E-state index in [0.717, 1.165) is 45.1 Å². The smallest absolute Gasteiger partial charge is 0.263 e. The summed E-state index contributed by atoms with van der Waals surface area (Å²) in [6.07, 6.45) is 2.23. The van der Waals surface area contributed by atoms with Crippen molar-refractivity contribution in [3.63, 3.8) is 0 Å². The number of aryl methyl sites for hydroxylation is 3. The Hall–Kier alpha value is -2.10. The van der Waals surface area contributed by atoms with E-state index in [1.807, 2.05) is 6.92 Å². The van der Waals surface area contributed by atoms with Crippen LogP contribution in [0.3, 0.4) is 0 Å². The number of benzene rings is 1. The number of nitrogens with zero attached hydrogens (tertiary/aromatic N) is 3. The number of hydrogen-bond acceptors (Lipinski definition) is 5. The van der Waals surface area contributed by atoms with Gasteiger partial charge in [0.25, 0.3) is 5.56 Å². The molecule has 0 bridgehead atoms. The van der Waals surface area contributed by atoms with Gasteiger partial charge in [-0.3, -0.25) is 9.36 Å². The molecular formula is C21H23N3OS2. The maximum atomic E-state index is 13.3. The molecule has 0 unspecified atom stereocenters. The zero-order valence-corrected chi connectivity index (χ0v) is 17.5. The average molecular weight is 398 g/mol. The van der Waals surface area contributed by atoms with Crippen LogP contribution in [0.15, 0.2) is 34.2 Å². The van der Waals surface area contributed by atoms with Crippen molar-refractivity contribution < 1.29 is 0 Å². The highest BCUT2D eigenvalue weighted by Crippen LogP contribution is 2.30. The minimum atomic E-state index is 0.0387. The van der Waals surface area contributed by atoms with Gasteiger partial charge in [-0.05, 0) is 37.8 Å². The molecule has 4 nitrogen and oxygen atoms in total. The Morgan fingerprint density at radius 1 is 1.26 bits per heavy atom. The molecule has 0 saturated heterocycles. The van der Waals surface area contributed by atoms with Crippen LogP contribution >= 0.6 is 23.1 Å². The van der Waals surface area contributed by atoms with E-state index < -0.39 is 0 Å². The van der Waals surface area contributed by atoms with Gasteiger partial charge in [-0.2, -0.15) is 5.26 Å². The van der Waals surface area contributed by atoms with Gasteiger partial charge in [-0.25, -0.2) is 4.98 Å². The monoisotopic (exact) mass is 397 g/mol. The maximum absolute atomic E-state index is 13.3. The van der Waals surface area contributed by atoms with Crippen molar-refractivity contribution in [2.24, 2.45) is 0 Å². The summed E-state index contributed by atoms with van der Waals surface area (Å²) < 4.78 is 1.79. The van der Waals surface area contributed by atoms with Crippen LogP contribution in [-0.2, 0) is 13.0 Å². The van der Waals surface area contributed by atoms with Crippen molar-refractivity contribution in [3.8, 4) is 6.07 Å². The van der Waals surface area contributed by atoms with Gasteiger partial charge in [0, 0.05) is 17.1 Å². The summed E-state index contributed by atoms with van der Waals surface area (Å²) in [5.74, 6) is 0.782. The van der Waals surface area contributed by atoms with Crippen molar-refractivity contribution in [1.82, 2.24) is 9.55 Å². The van der Waals surface area contributed by atoms with E-state index in [2.05, 4.69) is 44.2 Å². The lowest BCUT2D eigenvalue weighted by atomic mass is 10.1. The van der Waals surface area contributed by atoms with E-state index in [1.165, 1.54) is 10.4 Å². The fraction of sp³-hybridized carbons (Fsp3) is 0.381. The molecule has 2 aromatic heterocycles. The van der Waals surface area contributed by atoms with E-state index in [4.69, 9.17) is 10.2 Å². The first kappa shape index (κ1) is 19.7. The van der Waals surface area contributed by atoms with Gasteiger partial charge in [0.1, 0.15) is 4.83 Å². The lowest BCUT2D eigenvalue weighted by Gasteiger charge is -2.12. The van der Waals surface area contributed by atoms with E-state index in [9.17, 15) is 4.79 Å². The van der Waals surface area contributed by atoms with Gasteiger partial charge >= 0.3 is 0 Å². The van der Waals surface area contributed by atoms with Crippen LogP contribution in [0.4, 0.5) is 0 Å². The summed E-state index contributed by atoms with van der Waals surface area (Å²) in [4.78, 5) is 20.2. The Bertz CT molecular complexity index is 1040. The maximum Gasteiger partial charge on any atom is 0.263 e. The molecule has 140 valence electrons. The molecule has 27 heavy (non-hydrogen) atoms. The normalized spacial score (nSPS) is 11.0. The van der Waals surface area contributed by atoms with Crippen LogP contribution < -0.4 is 5.56 Å². The first-order valence-electron chi connectivity index (χ1n) is 9.13. The average Bonchev–Trinajstić information content (AvgIpc) is 2.99. The molecule has 0 radical (unpaired) electrons. The third kappa shape index (κ3) is 4.26. The topological polar surface area (TPSA) is 58.7 Å². The van der Waals surface area contributed by atoms with Crippen molar-refractivity contribution in [1.29, 1.82) is 5.26 Å². The van der Waals surface area contributed by atoms with Gasteiger partial charge in [0.15, 0.2) is 5.16 Å². The number of fused-ring (bicyclic) bond motifs is 1. The highest BCUT2D eigenvalue weighted by atomic mass is 32.2. The molecule has 2 heterocycles. The fourth-order valence-electron chi connectivity index (χ4n) is 3.02. The van der Waals surface area contributed by atoms with Gasteiger partial charge in [0.2, 0.25) is 0 Å². The van der Waals surface area contributed by atoms with Gasteiger partial charge in [-0.15, -0.1) is 11.3 Å². The van der Waals surface area contributed by atoms with Crippen LogP contribution in [0.5, 0.6) is 0 Å². The standard InChI is InChI=1S/C21H23N3OS2/c1-4-17-15(3)18-19(27-17)23-21(26-12-6-5-11-22)24(20(18)25)13-16-9-7-14(2)8-10-16/h7-10H,4-6,12-13H2,1-3H3. The lowest BCUT2D eigenvalue weighted by Crippen LogP contribution is -2.24. The third-order valence-corrected chi connectivity index (χ3v) is 6.95. The Kier molecular flexibility index (Phi) is 6.35. The second-order valence-electron chi connectivity index (χ2n) is 6.57. The Morgan fingerprint density at radius 3 is 2.67 bits per heavy atom. The van der Waals surface area contributed by atoms with Gasteiger partial charge in [-0.1, -0.05) is 48.5 Å². The second-order valence-corrected chi connectivity index (χ2v) is 8.71. The van der Waals surface area contributed by atoms with Crippen LogP contribution in [0.25, 0.3) is 10.2 Å². The molecule has 3 rings (SSSR count). The first-order valence-corrected chi connectivity index (χ1v) is 10.9. The zero-order valence-electron chi connectivity index (χ0n) is 15.9. The molecule has 3 aromatic rings. The molecule has 6 heteroatoms. The fourth-order valence-corrected chi connectivity index (χ4v) is 5.12. The van der Waals surface area contributed by atoms with Crippen LogP contribution in [0.2, 0.25) is 0 Å². The molecule has 0 aliphatic rings. The Morgan fingerprint density at radius 2 is 2.00 bits per heavy atom. The van der Waals surface area contributed by atoms with Crippen molar-refractivity contribution in [2.45, 2.75) is 51.7 Å². The number of unbranched alkanes of at least 4 members (excludes halogenated alkanes) is 1. The number of rotatable bonds is 7. The first-order chi connectivity index (χ1) is 13.0. The summed E-state index contributed by atoms with van der Waals surface area (Å²) in [7, 11) is 0. The highest BCUT2D eigenvalue weighted by Gasteiger charge is 2.17. The van der Waals surface area contributed by atoms with E-state index in [1.54, 1.807) is 27.7 Å². The molecule has 1 aromatic carbocycles. The molecule has 0 atom stereocenters. The summed E-state index contributed by atoms with van der Waals surface area (Å²) in [5.41, 5.74) is 3.39. The number of hydrogen-bond donors (Lipinski definition) is 0. The largest absolute Gasteiger partial charge is 0.283 e. The molecular weight excluding hydrogens is 374 g/mol. The third-order valence-electron chi connectivity index (χ3n) is 4.56.